The van der Waals surface area contributed by atoms with Crippen LogP contribution in [0.5, 0.6) is 0 Å². The van der Waals surface area contributed by atoms with Crippen LogP contribution in [-0.2, 0) is 9.53 Å². The second-order valence-electron chi connectivity index (χ2n) is 6.04. The van der Waals surface area contributed by atoms with Crippen molar-refractivity contribution in [3.8, 4) is 0 Å². The van der Waals surface area contributed by atoms with E-state index in [4.69, 9.17) is 9.84 Å². The zero-order valence-electron chi connectivity index (χ0n) is 14.6. The third-order valence-electron chi connectivity index (χ3n) is 3.97. The minimum absolute atomic E-state index is 0.0297. The predicted octanol–water partition coefficient (Wildman–Crippen LogP) is 5.09. The van der Waals surface area contributed by atoms with Crippen molar-refractivity contribution in [1.82, 2.24) is 0 Å². The lowest BCUT2D eigenvalue weighted by Gasteiger charge is -1.98. The van der Waals surface area contributed by atoms with E-state index < -0.39 is 5.97 Å². The summed E-state index contributed by atoms with van der Waals surface area (Å²) in [5, 5.41) is 17.9. The molecule has 0 aromatic rings. The lowest BCUT2D eigenvalue weighted by molar-refractivity contribution is -0.131. The van der Waals surface area contributed by atoms with Crippen LogP contribution in [0.2, 0.25) is 0 Å². The summed E-state index contributed by atoms with van der Waals surface area (Å²) in [6.07, 6.45) is 21.7. The van der Waals surface area contributed by atoms with Crippen molar-refractivity contribution in [2.24, 2.45) is 0 Å². The van der Waals surface area contributed by atoms with Crippen LogP contribution in [0.4, 0.5) is 0 Å². The molecule has 0 bridgehead atoms. The number of hydrogen-bond donors (Lipinski definition) is 2. The Kier molecular flexibility index (Phi) is 10.6. The number of epoxide rings is 1. The van der Waals surface area contributed by atoms with Crippen LogP contribution in [0.3, 0.4) is 0 Å². The van der Waals surface area contributed by atoms with Gasteiger partial charge in [0, 0.05) is 6.08 Å². The Hall–Kier alpha value is -1.81. The maximum absolute atomic E-state index is 10.3. The van der Waals surface area contributed by atoms with Crippen LogP contribution in [0, 0.1) is 0 Å². The third kappa shape index (κ3) is 10.8. The van der Waals surface area contributed by atoms with Crippen molar-refractivity contribution >= 4 is 5.97 Å². The summed E-state index contributed by atoms with van der Waals surface area (Å²) < 4.78 is 5.53. The molecule has 4 nitrogen and oxygen atoms in total. The van der Waals surface area contributed by atoms with E-state index in [9.17, 15) is 9.90 Å². The molecule has 1 rings (SSSR count). The summed E-state index contributed by atoms with van der Waals surface area (Å²) in [4.78, 5) is 10.3. The van der Waals surface area contributed by atoms with E-state index in [2.05, 4.69) is 13.0 Å². The van der Waals surface area contributed by atoms with Crippen molar-refractivity contribution in [1.29, 1.82) is 0 Å². The smallest absolute Gasteiger partial charge is 0.328 e. The molecular weight excluding hydrogens is 304 g/mol. The van der Waals surface area contributed by atoms with E-state index in [1.54, 1.807) is 6.08 Å². The molecule has 134 valence electrons. The zero-order valence-corrected chi connectivity index (χ0v) is 14.6. The average molecular weight is 334 g/mol. The topological polar surface area (TPSA) is 70.1 Å². The molecule has 0 radical (unpaired) electrons. The number of carboxylic acids is 1. The molecule has 2 atom stereocenters. The first-order valence-electron chi connectivity index (χ1n) is 8.92. The molecule has 4 heteroatoms. The summed E-state index contributed by atoms with van der Waals surface area (Å²) in [5.74, 6) is -1.00. The lowest BCUT2D eigenvalue weighted by atomic mass is 10.1. The number of aliphatic hydroxyl groups excluding tert-OH is 1. The molecule has 0 spiro atoms. The minimum atomic E-state index is -1.03. The number of rotatable bonds is 13. The Bertz CT molecular complexity index is 474. The van der Waals surface area contributed by atoms with E-state index in [1.165, 1.54) is 56.8 Å². The quantitative estimate of drug-likeness (QED) is 0.162. The minimum Gasteiger partial charge on any atom is -0.508 e. The van der Waals surface area contributed by atoms with Crippen LogP contribution in [0.25, 0.3) is 0 Å². The first kappa shape index (κ1) is 20.2. The van der Waals surface area contributed by atoms with Crippen molar-refractivity contribution < 1.29 is 19.7 Å². The highest BCUT2D eigenvalue weighted by Crippen LogP contribution is 2.29. The van der Waals surface area contributed by atoms with Crippen molar-refractivity contribution in [2.75, 3.05) is 0 Å². The molecule has 0 aromatic heterocycles. The van der Waals surface area contributed by atoms with Gasteiger partial charge in [-0.3, -0.25) is 0 Å². The Balaban J connectivity index is 1.94. The maximum atomic E-state index is 10.3. The van der Waals surface area contributed by atoms with E-state index in [0.717, 1.165) is 18.9 Å². The number of aliphatic carboxylic acids is 1. The first-order valence-corrected chi connectivity index (χ1v) is 8.92. The number of allylic oxidation sites excluding steroid dienone is 6. The highest BCUT2D eigenvalue weighted by molar-refractivity contribution is 5.80. The predicted molar refractivity (Wildman–Crippen MR) is 97.0 cm³/mol. The highest BCUT2D eigenvalue weighted by atomic mass is 16.6. The molecule has 1 fully saturated rings. The zero-order chi connectivity index (χ0) is 17.6. The van der Waals surface area contributed by atoms with Gasteiger partial charge in [0.2, 0.25) is 0 Å². The second kappa shape index (κ2) is 12.6. The SMILES string of the molecule is CCC1OC1CCCCCCC/C=C/C=C/C(O)=C/C=C/C(=O)O. The van der Waals surface area contributed by atoms with Crippen LogP contribution < -0.4 is 0 Å². The van der Waals surface area contributed by atoms with Gasteiger partial charge in [-0.15, -0.1) is 0 Å². The molecule has 2 unspecified atom stereocenters. The van der Waals surface area contributed by atoms with Gasteiger partial charge >= 0.3 is 5.97 Å². The first-order chi connectivity index (χ1) is 11.6. The van der Waals surface area contributed by atoms with E-state index in [1.807, 2.05) is 6.08 Å². The Morgan fingerprint density at radius 3 is 2.42 bits per heavy atom. The van der Waals surface area contributed by atoms with Crippen LogP contribution >= 0.6 is 0 Å². The van der Waals surface area contributed by atoms with Gasteiger partial charge in [-0.1, -0.05) is 56.9 Å². The summed E-state index contributed by atoms with van der Waals surface area (Å²) in [5.41, 5.74) is 0. The molecule has 24 heavy (non-hydrogen) atoms. The van der Waals surface area contributed by atoms with Gasteiger partial charge in [0.1, 0.15) is 5.76 Å². The number of ether oxygens (including phenoxy) is 1. The average Bonchev–Trinajstić information content (AvgIpc) is 3.30. The summed E-state index contributed by atoms with van der Waals surface area (Å²) in [6.45, 7) is 2.18. The molecule has 0 amide bonds. The number of carbonyl (C=O) groups is 1. The van der Waals surface area contributed by atoms with Crippen LogP contribution in [-0.4, -0.2) is 28.4 Å². The van der Waals surface area contributed by atoms with Gasteiger partial charge < -0.3 is 14.9 Å². The molecular formula is C20H30O4. The van der Waals surface area contributed by atoms with Crippen LogP contribution in [0.1, 0.15) is 58.3 Å². The van der Waals surface area contributed by atoms with Gasteiger partial charge in [0.05, 0.1) is 12.2 Å². The summed E-state index contributed by atoms with van der Waals surface area (Å²) in [7, 11) is 0. The lowest BCUT2D eigenvalue weighted by Crippen LogP contribution is -1.92. The van der Waals surface area contributed by atoms with Gasteiger partial charge in [0.25, 0.3) is 0 Å². The van der Waals surface area contributed by atoms with E-state index >= 15 is 0 Å². The fourth-order valence-electron chi connectivity index (χ4n) is 2.54. The summed E-state index contributed by atoms with van der Waals surface area (Å²) >= 11 is 0. The monoisotopic (exact) mass is 334 g/mol. The molecule has 1 saturated heterocycles. The largest absolute Gasteiger partial charge is 0.508 e. The van der Waals surface area contributed by atoms with Gasteiger partial charge in [-0.2, -0.15) is 0 Å². The molecule has 1 aliphatic rings. The van der Waals surface area contributed by atoms with Crippen molar-refractivity contribution in [3.05, 3.63) is 48.3 Å². The number of carboxylic acid groups (broad SMARTS) is 1. The number of hydrogen-bond acceptors (Lipinski definition) is 3. The Labute approximate surface area is 145 Å². The molecule has 2 N–H and O–H groups in total. The highest BCUT2D eigenvalue weighted by Gasteiger charge is 2.35. The fourth-order valence-corrected chi connectivity index (χ4v) is 2.54. The van der Waals surface area contributed by atoms with Crippen LogP contribution in [0.15, 0.2) is 48.3 Å². The number of unbranched alkanes of at least 4 members (excludes halogenated alkanes) is 5. The van der Waals surface area contributed by atoms with Gasteiger partial charge in [0.15, 0.2) is 0 Å². The van der Waals surface area contributed by atoms with E-state index in [-0.39, 0.29) is 5.76 Å². The van der Waals surface area contributed by atoms with Gasteiger partial charge in [-0.05, 0) is 37.8 Å². The molecule has 1 aliphatic heterocycles. The molecule has 0 aromatic carbocycles. The van der Waals surface area contributed by atoms with Gasteiger partial charge in [-0.25, -0.2) is 4.79 Å². The standard InChI is InChI=1S/C20H30O4/c1-2-18-19(24-18)15-11-9-7-5-3-4-6-8-10-13-17(21)14-12-16-20(22)23/h6,8,10,12-14,16,18-19,21H,2-5,7,9,11,15H2,1H3,(H,22,23)/b8-6+,13-10+,16-12+,17-14-. The number of aliphatic hydroxyl groups is 1. The molecule has 1 heterocycles. The normalized spacial score (nSPS) is 21.3. The Morgan fingerprint density at radius 2 is 1.71 bits per heavy atom. The third-order valence-corrected chi connectivity index (χ3v) is 3.97. The Morgan fingerprint density at radius 1 is 0.958 bits per heavy atom. The molecule has 0 saturated carbocycles. The summed E-state index contributed by atoms with van der Waals surface area (Å²) in [6, 6.07) is 0. The van der Waals surface area contributed by atoms with E-state index in [0.29, 0.717) is 12.2 Å². The molecule has 0 aliphatic carbocycles. The van der Waals surface area contributed by atoms with Crippen molar-refractivity contribution in [3.63, 3.8) is 0 Å². The van der Waals surface area contributed by atoms with Crippen molar-refractivity contribution in [2.45, 2.75) is 70.5 Å². The fraction of sp³-hybridized carbons (Fsp3) is 0.550. The second-order valence-corrected chi connectivity index (χ2v) is 6.04. The maximum Gasteiger partial charge on any atom is 0.328 e.